The highest BCUT2D eigenvalue weighted by Crippen LogP contribution is 2.17. The Morgan fingerprint density at radius 2 is 2.00 bits per heavy atom. The van der Waals surface area contributed by atoms with Crippen LogP contribution in [0.15, 0.2) is 23.3 Å². The third-order valence-electron chi connectivity index (χ3n) is 3.34. The van der Waals surface area contributed by atoms with Gasteiger partial charge in [-0.15, -0.1) is 0 Å². The highest BCUT2D eigenvalue weighted by molar-refractivity contribution is 5.08. The summed E-state index contributed by atoms with van der Waals surface area (Å²) in [7, 11) is 0. The Balaban J connectivity index is 1.86. The van der Waals surface area contributed by atoms with Gasteiger partial charge >= 0.3 is 0 Å². The SMILES string of the molecule is O=c1cc[nH]cc1CNC1CCCCCC1. The topological polar surface area (TPSA) is 44.9 Å². The summed E-state index contributed by atoms with van der Waals surface area (Å²) in [6, 6.07) is 2.19. The number of aromatic nitrogens is 1. The number of hydrogen-bond acceptors (Lipinski definition) is 2. The minimum Gasteiger partial charge on any atom is -0.367 e. The Labute approximate surface area is 96.3 Å². The lowest BCUT2D eigenvalue weighted by molar-refractivity contribution is 0.458. The Morgan fingerprint density at radius 3 is 2.69 bits per heavy atom. The maximum atomic E-state index is 11.5. The fraction of sp³-hybridized carbons (Fsp3) is 0.615. The molecule has 0 radical (unpaired) electrons. The third kappa shape index (κ3) is 3.20. The number of H-pyrrole nitrogens is 1. The van der Waals surface area contributed by atoms with E-state index in [2.05, 4.69) is 10.3 Å². The van der Waals surface area contributed by atoms with Gasteiger partial charge in [-0.1, -0.05) is 25.7 Å². The molecule has 1 aromatic heterocycles. The van der Waals surface area contributed by atoms with Crippen LogP contribution in [-0.4, -0.2) is 11.0 Å². The normalized spacial score (nSPS) is 18.2. The van der Waals surface area contributed by atoms with Gasteiger partial charge in [0.1, 0.15) is 0 Å². The Bertz CT molecular complexity index is 364. The summed E-state index contributed by atoms with van der Waals surface area (Å²) >= 11 is 0. The molecule has 0 spiro atoms. The van der Waals surface area contributed by atoms with Crippen molar-refractivity contribution in [3.63, 3.8) is 0 Å². The van der Waals surface area contributed by atoms with Crippen LogP contribution in [0.4, 0.5) is 0 Å². The van der Waals surface area contributed by atoms with Crippen molar-refractivity contribution in [2.75, 3.05) is 0 Å². The first-order chi connectivity index (χ1) is 7.86. The Morgan fingerprint density at radius 1 is 1.25 bits per heavy atom. The van der Waals surface area contributed by atoms with Crippen molar-refractivity contribution in [1.82, 2.24) is 10.3 Å². The zero-order valence-electron chi connectivity index (χ0n) is 9.67. The van der Waals surface area contributed by atoms with Crippen LogP contribution < -0.4 is 10.7 Å². The number of rotatable bonds is 3. The quantitative estimate of drug-likeness (QED) is 0.767. The van der Waals surface area contributed by atoms with Gasteiger partial charge < -0.3 is 10.3 Å². The van der Waals surface area contributed by atoms with Gasteiger partial charge in [-0.3, -0.25) is 4.79 Å². The minimum atomic E-state index is 0.125. The van der Waals surface area contributed by atoms with Crippen LogP contribution >= 0.6 is 0 Å². The van der Waals surface area contributed by atoms with Crippen LogP contribution in [-0.2, 0) is 6.54 Å². The van der Waals surface area contributed by atoms with Gasteiger partial charge in [-0.25, -0.2) is 0 Å². The van der Waals surface area contributed by atoms with Gasteiger partial charge in [0.25, 0.3) is 0 Å². The van der Waals surface area contributed by atoms with Gasteiger partial charge in [0.15, 0.2) is 5.43 Å². The average molecular weight is 220 g/mol. The van der Waals surface area contributed by atoms with Crippen LogP contribution in [0.1, 0.15) is 44.1 Å². The lowest BCUT2D eigenvalue weighted by atomic mass is 10.1. The minimum absolute atomic E-state index is 0.125. The van der Waals surface area contributed by atoms with Crippen LogP contribution in [0.25, 0.3) is 0 Å². The molecule has 3 nitrogen and oxygen atoms in total. The van der Waals surface area contributed by atoms with Gasteiger partial charge in [0, 0.05) is 36.6 Å². The fourth-order valence-corrected chi connectivity index (χ4v) is 2.33. The van der Waals surface area contributed by atoms with E-state index in [9.17, 15) is 4.79 Å². The molecule has 1 heterocycles. The molecule has 1 aliphatic rings. The van der Waals surface area contributed by atoms with Crippen LogP contribution in [0.2, 0.25) is 0 Å². The van der Waals surface area contributed by atoms with E-state index in [0.29, 0.717) is 12.6 Å². The molecule has 1 aliphatic carbocycles. The smallest absolute Gasteiger partial charge is 0.186 e. The Hall–Kier alpha value is -1.09. The highest BCUT2D eigenvalue weighted by Gasteiger charge is 2.11. The second-order valence-corrected chi connectivity index (χ2v) is 4.60. The summed E-state index contributed by atoms with van der Waals surface area (Å²) in [5.74, 6) is 0. The zero-order chi connectivity index (χ0) is 11.2. The van der Waals surface area contributed by atoms with Crippen molar-refractivity contribution in [2.24, 2.45) is 0 Å². The first-order valence-corrected chi connectivity index (χ1v) is 6.25. The van der Waals surface area contributed by atoms with Gasteiger partial charge in [-0.05, 0) is 12.8 Å². The molecule has 1 saturated carbocycles. The Kier molecular flexibility index (Phi) is 4.17. The third-order valence-corrected chi connectivity index (χ3v) is 3.34. The van der Waals surface area contributed by atoms with E-state index in [1.807, 2.05) is 0 Å². The van der Waals surface area contributed by atoms with E-state index >= 15 is 0 Å². The second-order valence-electron chi connectivity index (χ2n) is 4.60. The maximum Gasteiger partial charge on any atom is 0.186 e. The average Bonchev–Trinajstić information content (AvgIpc) is 2.56. The van der Waals surface area contributed by atoms with E-state index in [-0.39, 0.29) is 5.43 Å². The van der Waals surface area contributed by atoms with Gasteiger partial charge in [0.2, 0.25) is 0 Å². The molecule has 0 aliphatic heterocycles. The molecule has 1 aromatic rings. The molecule has 2 N–H and O–H groups in total. The largest absolute Gasteiger partial charge is 0.367 e. The van der Waals surface area contributed by atoms with E-state index in [0.717, 1.165) is 5.56 Å². The summed E-state index contributed by atoms with van der Waals surface area (Å²) in [4.78, 5) is 14.5. The molecule has 1 fully saturated rings. The lowest BCUT2D eigenvalue weighted by Crippen LogP contribution is -2.29. The predicted octanol–water partition coefficient (Wildman–Crippen LogP) is 2.19. The van der Waals surface area contributed by atoms with E-state index in [1.165, 1.54) is 38.5 Å². The van der Waals surface area contributed by atoms with Crippen LogP contribution in [0.3, 0.4) is 0 Å². The molecule has 0 saturated heterocycles. The molecule has 0 amide bonds. The molecule has 0 aromatic carbocycles. The van der Waals surface area contributed by atoms with Crippen molar-refractivity contribution in [3.05, 3.63) is 34.2 Å². The summed E-state index contributed by atoms with van der Waals surface area (Å²) in [5.41, 5.74) is 0.964. The highest BCUT2D eigenvalue weighted by atomic mass is 16.1. The molecular weight excluding hydrogens is 200 g/mol. The van der Waals surface area contributed by atoms with Gasteiger partial charge in [-0.2, -0.15) is 0 Å². The van der Waals surface area contributed by atoms with E-state index in [1.54, 1.807) is 18.5 Å². The lowest BCUT2D eigenvalue weighted by Gasteiger charge is -2.15. The first-order valence-electron chi connectivity index (χ1n) is 6.25. The summed E-state index contributed by atoms with van der Waals surface area (Å²) < 4.78 is 0. The molecule has 0 bridgehead atoms. The van der Waals surface area contributed by atoms with Crippen LogP contribution in [0.5, 0.6) is 0 Å². The predicted molar refractivity (Wildman–Crippen MR) is 65.4 cm³/mol. The van der Waals surface area contributed by atoms with Crippen molar-refractivity contribution >= 4 is 0 Å². The zero-order valence-corrected chi connectivity index (χ0v) is 9.67. The van der Waals surface area contributed by atoms with Crippen molar-refractivity contribution in [3.8, 4) is 0 Å². The molecule has 2 rings (SSSR count). The molecule has 3 heteroatoms. The number of aromatic amines is 1. The van der Waals surface area contributed by atoms with Crippen molar-refractivity contribution in [2.45, 2.75) is 51.1 Å². The van der Waals surface area contributed by atoms with Crippen LogP contribution in [0, 0.1) is 0 Å². The molecule has 0 unspecified atom stereocenters. The fourth-order valence-electron chi connectivity index (χ4n) is 2.33. The molecule has 88 valence electrons. The molecule has 0 atom stereocenters. The summed E-state index contributed by atoms with van der Waals surface area (Å²) in [6.45, 7) is 0.695. The van der Waals surface area contributed by atoms with Crippen molar-refractivity contribution < 1.29 is 0 Å². The van der Waals surface area contributed by atoms with Gasteiger partial charge in [0.05, 0.1) is 0 Å². The first kappa shape index (κ1) is 11.4. The van der Waals surface area contributed by atoms with E-state index in [4.69, 9.17) is 0 Å². The standard InChI is InChI=1S/C13H20N2O/c16-13-7-8-14-9-11(13)10-15-12-5-3-1-2-4-6-12/h7-9,12,15H,1-6,10H2,(H,14,16). The summed E-state index contributed by atoms with van der Waals surface area (Å²) in [6.07, 6.45) is 11.4. The second kappa shape index (κ2) is 5.85. The summed E-state index contributed by atoms with van der Waals surface area (Å²) in [5, 5.41) is 3.50. The monoisotopic (exact) mass is 220 g/mol. The van der Waals surface area contributed by atoms with Crippen molar-refractivity contribution in [1.29, 1.82) is 0 Å². The maximum absolute atomic E-state index is 11.5. The van der Waals surface area contributed by atoms with E-state index < -0.39 is 0 Å². The number of nitrogens with one attached hydrogen (secondary N) is 2. The molecule has 16 heavy (non-hydrogen) atoms. The molecular formula is C13H20N2O. The number of hydrogen-bond donors (Lipinski definition) is 2. The number of pyridine rings is 1.